The van der Waals surface area contributed by atoms with Crippen LogP contribution in [0.2, 0.25) is 0 Å². The van der Waals surface area contributed by atoms with E-state index in [4.69, 9.17) is 38.4 Å². The van der Waals surface area contributed by atoms with Crippen molar-refractivity contribution in [3.05, 3.63) is 5.82 Å². The first-order valence-corrected chi connectivity index (χ1v) is 12.0. The van der Waals surface area contributed by atoms with Crippen LogP contribution in [0.15, 0.2) is 20.8 Å². The summed E-state index contributed by atoms with van der Waals surface area (Å²) in [4.78, 5) is 19.4. The first-order chi connectivity index (χ1) is 17.1. The summed E-state index contributed by atoms with van der Waals surface area (Å²) in [5.41, 5.74) is 0. The van der Waals surface area contributed by atoms with E-state index in [1.165, 1.54) is 0 Å². The fraction of sp³-hybridized carbons (Fsp3) is 0.826. The molecule has 1 rings (SSSR count). The summed E-state index contributed by atoms with van der Waals surface area (Å²) in [6, 6.07) is 0. The van der Waals surface area contributed by atoms with E-state index >= 15 is 0 Å². The second kappa shape index (κ2) is 20.2. The van der Waals surface area contributed by atoms with Crippen LogP contribution < -0.4 is 0 Å². The van der Waals surface area contributed by atoms with Crippen LogP contribution in [0, 0.1) is 0 Å². The summed E-state index contributed by atoms with van der Waals surface area (Å²) in [7, 11) is 6.46. The largest absolute Gasteiger partial charge is 0.364 e. The highest BCUT2D eigenvalue weighted by Crippen LogP contribution is 2.10. The van der Waals surface area contributed by atoms with Crippen LogP contribution >= 0.6 is 0 Å². The third-order valence-electron chi connectivity index (χ3n) is 4.72. The quantitative estimate of drug-likeness (QED) is 0.195. The second-order valence-corrected chi connectivity index (χ2v) is 7.76. The third-order valence-corrected chi connectivity index (χ3v) is 4.72. The van der Waals surface area contributed by atoms with Crippen LogP contribution in [0.5, 0.6) is 0 Å². The normalized spacial score (nSPS) is 13.6. The monoisotopic (exact) mass is 500 g/mol. The van der Waals surface area contributed by atoms with Gasteiger partial charge in [0.15, 0.2) is 5.82 Å². The second-order valence-electron chi connectivity index (χ2n) is 7.76. The molecule has 12 heteroatoms. The van der Waals surface area contributed by atoms with E-state index in [0.717, 1.165) is 25.7 Å². The van der Waals surface area contributed by atoms with Gasteiger partial charge in [-0.25, -0.2) is 9.98 Å². The summed E-state index contributed by atoms with van der Waals surface area (Å²) in [5, 5.41) is 0. The molecular formula is C23H44N6O6. The van der Waals surface area contributed by atoms with E-state index in [1.807, 2.05) is 4.90 Å². The first kappa shape index (κ1) is 31.0. The number of unbranched alkanes of at least 4 members (excludes halogenated alkanes) is 2. The Bertz CT molecular complexity index is 677. The lowest BCUT2D eigenvalue weighted by Crippen LogP contribution is -2.40. The summed E-state index contributed by atoms with van der Waals surface area (Å²) in [5.74, 6) is 4.52. The van der Waals surface area contributed by atoms with Crippen molar-refractivity contribution in [1.29, 1.82) is 0 Å². The number of methoxy groups -OCH3 is 4. The van der Waals surface area contributed by atoms with Crippen LogP contribution in [0.4, 0.5) is 0 Å². The van der Waals surface area contributed by atoms with Gasteiger partial charge in [0.2, 0.25) is 5.96 Å². The molecule has 1 aliphatic rings. The standard InChI is InChI=1S/C23H44N6O6/c1-7-9-11-34-19-28(17-32-5)22-14-25-23(29(18-33-6)20-35-12-10-8-2)24-13-21(26-22)27(15-30-3)16-31-4/h7-12,14-20H2,1-6H3. The maximum absolute atomic E-state index is 5.84. The Kier molecular flexibility index (Phi) is 17.9. The molecule has 0 aromatic heterocycles. The van der Waals surface area contributed by atoms with Crippen LogP contribution in [-0.2, 0) is 28.4 Å². The molecule has 0 N–H and O–H groups in total. The predicted octanol–water partition coefficient (Wildman–Crippen LogP) is 2.14. The highest BCUT2D eigenvalue weighted by molar-refractivity contribution is 5.93. The van der Waals surface area contributed by atoms with Gasteiger partial charge in [0.1, 0.15) is 52.8 Å². The number of amidine groups is 1. The Morgan fingerprint density at radius 2 is 1.23 bits per heavy atom. The molecule has 0 saturated heterocycles. The van der Waals surface area contributed by atoms with Crippen molar-refractivity contribution in [3.8, 4) is 0 Å². The molecule has 0 amide bonds. The van der Waals surface area contributed by atoms with Gasteiger partial charge in [0, 0.05) is 47.5 Å². The smallest absolute Gasteiger partial charge is 0.233 e. The molecule has 0 aromatic carbocycles. The van der Waals surface area contributed by atoms with Crippen molar-refractivity contribution in [1.82, 2.24) is 14.7 Å². The molecular weight excluding hydrogens is 456 g/mol. The topological polar surface area (TPSA) is 102 Å². The zero-order valence-electron chi connectivity index (χ0n) is 22.3. The molecule has 12 nitrogen and oxygen atoms in total. The van der Waals surface area contributed by atoms with E-state index < -0.39 is 0 Å². The van der Waals surface area contributed by atoms with Gasteiger partial charge in [-0.3, -0.25) is 4.90 Å². The summed E-state index contributed by atoms with van der Waals surface area (Å²) < 4.78 is 33.1. The number of nitrogens with zero attached hydrogens (tertiary/aromatic N) is 6. The Morgan fingerprint density at radius 1 is 0.714 bits per heavy atom. The van der Waals surface area contributed by atoms with E-state index in [-0.39, 0.29) is 33.5 Å². The lowest BCUT2D eigenvalue weighted by atomic mass is 10.4. The molecule has 0 radical (unpaired) electrons. The van der Waals surface area contributed by atoms with E-state index in [0.29, 0.717) is 44.3 Å². The minimum atomic E-state index is 0.244. The van der Waals surface area contributed by atoms with Gasteiger partial charge in [-0.05, 0) is 12.8 Å². The van der Waals surface area contributed by atoms with Gasteiger partial charge in [0.05, 0.1) is 0 Å². The molecule has 0 bridgehead atoms. The average molecular weight is 501 g/mol. The zero-order valence-corrected chi connectivity index (χ0v) is 22.3. The van der Waals surface area contributed by atoms with Crippen molar-refractivity contribution in [2.75, 3.05) is 88.6 Å². The fourth-order valence-electron chi connectivity index (χ4n) is 2.91. The Labute approximate surface area is 210 Å². The van der Waals surface area contributed by atoms with Gasteiger partial charge in [-0.15, -0.1) is 0 Å². The Morgan fingerprint density at radius 3 is 1.77 bits per heavy atom. The first-order valence-electron chi connectivity index (χ1n) is 12.0. The number of aliphatic imine (C=N–C) groups is 3. The van der Waals surface area contributed by atoms with Crippen LogP contribution in [-0.4, -0.2) is 121 Å². The van der Waals surface area contributed by atoms with Crippen molar-refractivity contribution in [2.24, 2.45) is 15.0 Å². The molecule has 0 unspecified atom stereocenters. The maximum atomic E-state index is 5.84. The van der Waals surface area contributed by atoms with Crippen LogP contribution in [0.1, 0.15) is 39.5 Å². The Balaban J connectivity index is 3.30. The van der Waals surface area contributed by atoms with Crippen molar-refractivity contribution < 1.29 is 28.4 Å². The van der Waals surface area contributed by atoms with E-state index in [1.54, 1.807) is 38.2 Å². The maximum Gasteiger partial charge on any atom is 0.233 e. The number of guanidine groups is 1. The van der Waals surface area contributed by atoms with E-state index in [2.05, 4.69) is 24.7 Å². The summed E-state index contributed by atoms with van der Waals surface area (Å²) >= 11 is 0. The molecule has 202 valence electrons. The molecule has 0 atom stereocenters. The average Bonchev–Trinajstić information content (AvgIpc) is 2.84. The highest BCUT2D eigenvalue weighted by atomic mass is 16.5. The van der Waals surface area contributed by atoms with Gasteiger partial charge >= 0.3 is 0 Å². The highest BCUT2D eigenvalue weighted by Gasteiger charge is 2.19. The van der Waals surface area contributed by atoms with Gasteiger partial charge in [-0.2, -0.15) is 4.99 Å². The zero-order chi connectivity index (χ0) is 25.7. The fourth-order valence-corrected chi connectivity index (χ4v) is 2.91. The number of rotatable bonds is 19. The van der Waals surface area contributed by atoms with Crippen LogP contribution in [0.3, 0.4) is 0 Å². The Hall–Kier alpha value is -2.05. The van der Waals surface area contributed by atoms with Crippen molar-refractivity contribution >= 4 is 17.7 Å². The van der Waals surface area contributed by atoms with Gasteiger partial charge in [0.25, 0.3) is 0 Å². The summed E-state index contributed by atoms with van der Waals surface area (Å²) in [6.07, 6.45) is 4.07. The molecule has 0 spiro atoms. The van der Waals surface area contributed by atoms with Crippen molar-refractivity contribution in [2.45, 2.75) is 39.5 Å². The molecule has 0 aromatic rings. The van der Waals surface area contributed by atoms with Gasteiger partial charge in [-0.1, -0.05) is 26.7 Å². The number of hydrogen-bond acceptors (Lipinski definition) is 12. The minimum Gasteiger partial charge on any atom is -0.364 e. The molecule has 35 heavy (non-hydrogen) atoms. The molecule has 0 fully saturated rings. The van der Waals surface area contributed by atoms with Crippen LogP contribution in [0.25, 0.3) is 0 Å². The lowest BCUT2D eigenvalue weighted by molar-refractivity contribution is 0.00404. The molecule has 0 aliphatic carbocycles. The molecule has 1 heterocycles. The minimum absolute atomic E-state index is 0.244. The summed E-state index contributed by atoms with van der Waals surface area (Å²) in [6.45, 7) is 7.44. The third kappa shape index (κ3) is 12.5. The predicted molar refractivity (Wildman–Crippen MR) is 135 cm³/mol. The molecule has 0 saturated carbocycles. The number of hydrogen-bond donors (Lipinski definition) is 0. The van der Waals surface area contributed by atoms with Crippen molar-refractivity contribution in [3.63, 3.8) is 0 Å². The van der Waals surface area contributed by atoms with Gasteiger partial charge < -0.3 is 38.2 Å². The SMILES string of the molecule is CCCCOCN(COC)C1=NC(N(COC)COC)=C=NC(N(COC)COCCCC)=NC1. The number of ether oxygens (including phenoxy) is 6. The van der Waals surface area contributed by atoms with E-state index in [9.17, 15) is 0 Å². The molecule has 1 aliphatic heterocycles. The lowest BCUT2D eigenvalue weighted by Gasteiger charge is -2.28.